The van der Waals surface area contributed by atoms with Gasteiger partial charge < -0.3 is 8.97 Å². The quantitative estimate of drug-likeness (QED) is 0.847. The molecule has 122 valence electrons. The third-order valence-electron chi connectivity index (χ3n) is 3.25. The van der Waals surface area contributed by atoms with Crippen molar-refractivity contribution in [2.75, 3.05) is 0 Å². The van der Waals surface area contributed by atoms with E-state index in [-0.39, 0.29) is 5.76 Å². The van der Waals surface area contributed by atoms with Gasteiger partial charge in [0.05, 0.1) is 0 Å². The molecule has 2 aromatic rings. The molecule has 0 aliphatic rings. The molecular weight excluding hydrogens is 315 g/mol. The largest absolute Gasteiger partial charge is 0.598 e. The van der Waals surface area contributed by atoms with Crippen molar-refractivity contribution in [2.45, 2.75) is 44.7 Å². The third-order valence-corrected chi connectivity index (χ3v) is 4.81. The Morgan fingerprint density at radius 3 is 2.27 bits per heavy atom. The molecule has 0 spiro atoms. The van der Waals surface area contributed by atoms with Crippen LogP contribution in [0, 0.1) is 6.92 Å². The van der Waals surface area contributed by atoms with Crippen LogP contribution in [0.25, 0.3) is 11.0 Å². The SMILES string of the molecule is Cc1c([C@@H](N[S+]([O-])C(C)(C)C)C(F)(F)F)oc2ccccc12. The van der Waals surface area contributed by atoms with Crippen molar-refractivity contribution in [1.82, 2.24) is 4.72 Å². The van der Waals surface area contributed by atoms with Crippen LogP contribution >= 0.6 is 0 Å². The Morgan fingerprint density at radius 2 is 1.77 bits per heavy atom. The standard InChI is InChI=1S/C15H18F3NO2S/c1-9-10-7-5-6-8-11(10)21-12(9)13(15(16,17)18)19-22(20)14(2,3)4/h5-8,13,19H,1-4H3/t13-,22?/m1/s1. The predicted molar refractivity (Wildman–Crippen MR) is 80.8 cm³/mol. The number of halogens is 3. The summed E-state index contributed by atoms with van der Waals surface area (Å²) in [6.07, 6.45) is -4.61. The molecule has 0 saturated heterocycles. The maximum Gasteiger partial charge on any atom is 0.415 e. The van der Waals surface area contributed by atoms with E-state index in [1.807, 2.05) is 0 Å². The van der Waals surface area contributed by atoms with E-state index in [0.29, 0.717) is 16.5 Å². The van der Waals surface area contributed by atoms with Gasteiger partial charge in [0.2, 0.25) is 6.04 Å². The van der Waals surface area contributed by atoms with Crippen LogP contribution in [0.2, 0.25) is 0 Å². The number of rotatable bonds is 3. The molecule has 1 aromatic heterocycles. The topological polar surface area (TPSA) is 48.2 Å². The Bertz CT molecular complexity index is 661. The number of furan rings is 1. The summed E-state index contributed by atoms with van der Waals surface area (Å²) in [5.41, 5.74) is 0.781. The third kappa shape index (κ3) is 3.42. The molecule has 1 N–H and O–H groups in total. The van der Waals surface area contributed by atoms with E-state index in [9.17, 15) is 17.7 Å². The van der Waals surface area contributed by atoms with Crippen molar-refractivity contribution in [2.24, 2.45) is 0 Å². The first-order valence-electron chi connectivity index (χ1n) is 6.74. The van der Waals surface area contributed by atoms with Crippen LogP contribution in [0.3, 0.4) is 0 Å². The van der Waals surface area contributed by atoms with Crippen LogP contribution in [0.4, 0.5) is 13.2 Å². The molecular formula is C15H18F3NO2S. The molecule has 0 saturated carbocycles. The second kappa shape index (κ2) is 5.79. The molecule has 1 heterocycles. The summed E-state index contributed by atoms with van der Waals surface area (Å²) in [5, 5.41) is 0.620. The Kier molecular flexibility index (Phi) is 4.52. The van der Waals surface area contributed by atoms with Crippen molar-refractivity contribution in [1.29, 1.82) is 0 Å². The highest BCUT2D eigenvalue weighted by atomic mass is 32.2. The van der Waals surface area contributed by atoms with E-state index in [1.54, 1.807) is 52.0 Å². The zero-order chi connectivity index (χ0) is 16.7. The Labute approximate surface area is 130 Å². The normalized spacial score (nSPS) is 16.0. The van der Waals surface area contributed by atoms with Crippen LogP contribution in [0.15, 0.2) is 28.7 Å². The summed E-state index contributed by atoms with van der Waals surface area (Å²) >= 11 is -1.87. The number of benzene rings is 1. The maximum atomic E-state index is 13.4. The lowest BCUT2D eigenvalue weighted by Gasteiger charge is -2.28. The zero-order valence-electron chi connectivity index (χ0n) is 12.7. The van der Waals surface area contributed by atoms with Crippen molar-refractivity contribution >= 4 is 22.3 Å². The Morgan fingerprint density at radius 1 is 1.18 bits per heavy atom. The van der Waals surface area contributed by atoms with Crippen molar-refractivity contribution < 1.29 is 22.1 Å². The smallest absolute Gasteiger partial charge is 0.415 e. The average Bonchev–Trinajstić information content (AvgIpc) is 2.71. The fourth-order valence-corrected chi connectivity index (χ4v) is 2.83. The van der Waals surface area contributed by atoms with E-state index in [4.69, 9.17) is 4.42 Å². The Balaban J connectivity index is 2.47. The highest BCUT2D eigenvalue weighted by Gasteiger charge is 2.48. The molecule has 0 bridgehead atoms. The molecule has 0 fully saturated rings. The second-order valence-corrected chi connectivity index (χ2v) is 8.06. The predicted octanol–water partition coefficient (Wildman–Crippen LogP) is 4.40. The van der Waals surface area contributed by atoms with E-state index >= 15 is 0 Å². The minimum absolute atomic E-state index is 0.244. The summed E-state index contributed by atoms with van der Waals surface area (Å²) in [7, 11) is 0. The molecule has 22 heavy (non-hydrogen) atoms. The van der Waals surface area contributed by atoms with Crippen LogP contribution in [-0.2, 0) is 11.4 Å². The number of aryl methyl sites for hydroxylation is 1. The number of alkyl halides is 3. The number of hydrogen-bond donors (Lipinski definition) is 1. The molecule has 0 aliphatic carbocycles. The molecule has 3 nitrogen and oxygen atoms in total. The van der Waals surface area contributed by atoms with Crippen molar-refractivity contribution in [3.05, 3.63) is 35.6 Å². The molecule has 2 atom stereocenters. The zero-order valence-corrected chi connectivity index (χ0v) is 13.6. The van der Waals surface area contributed by atoms with Gasteiger partial charge in [0.1, 0.15) is 16.1 Å². The summed E-state index contributed by atoms with van der Waals surface area (Å²) in [5.74, 6) is -0.244. The van der Waals surface area contributed by atoms with Gasteiger partial charge >= 0.3 is 6.18 Å². The average molecular weight is 333 g/mol. The molecule has 1 aromatic carbocycles. The van der Waals surface area contributed by atoms with Crippen molar-refractivity contribution in [3.8, 4) is 0 Å². The van der Waals surface area contributed by atoms with E-state index in [2.05, 4.69) is 4.72 Å². The van der Waals surface area contributed by atoms with Gasteiger partial charge in [0.25, 0.3) is 0 Å². The maximum absolute atomic E-state index is 13.4. The molecule has 0 radical (unpaired) electrons. The molecule has 0 aliphatic heterocycles. The highest BCUT2D eigenvalue weighted by molar-refractivity contribution is 7.90. The number of hydrogen-bond acceptors (Lipinski definition) is 3. The molecule has 2 rings (SSSR count). The fourth-order valence-electron chi connectivity index (χ4n) is 2.02. The van der Waals surface area contributed by atoms with E-state index in [0.717, 1.165) is 0 Å². The summed E-state index contributed by atoms with van der Waals surface area (Å²) < 4.78 is 59.0. The monoisotopic (exact) mass is 333 g/mol. The summed E-state index contributed by atoms with van der Waals surface area (Å²) in [6, 6.07) is 4.63. The summed E-state index contributed by atoms with van der Waals surface area (Å²) in [6.45, 7) is 6.39. The van der Waals surface area contributed by atoms with Crippen LogP contribution in [-0.4, -0.2) is 15.5 Å². The second-order valence-electron chi connectivity index (χ2n) is 6.06. The van der Waals surface area contributed by atoms with Gasteiger partial charge in [-0.2, -0.15) is 13.2 Å². The Hall–Kier alpha value is -1.18. The van der Waals surface area contributed by atoms with Gasteiger partial charge in [-0.15, -0.1) is 4.72 Å². The highest BCUT2D eigenvalue weighted by Crippen LogP contribution is 2.39. The minimum Gasteiger partial charge on any atom is -0.598 e. The van der Waals surface area contributed by atoms with Crippen molar-refractivity contribution in [3.63, 3.8) is 0 Å². The van der Waals surface area contributed by atoms with Gasteiger partial charge in [-0.3, -0.25) is 0 Å². The van der Waals surface area contributed by atoms with Gasteiger partial charge in [0, 0.05) is 22.3 Å². The van der Waals surface area contributed by atoms with E-state index in [1.165, 1.54) is 0 Å². The molecule has 0 amide bonds. The molecule has 1 unspecified atom stereocenters. The van der Waals surface area contributed by atoms with Crippen LogP contribution in [0.5, 0.6) is 0 Å². The lowest BCUT2D eigenvalue weighted by Crippen LogP contribution is -2.45. The first kappa shape index (κ1) is 17.2. The van der Waals surface area contributed by atoms with Gasteiger partial charge in [-0.25, -0.2) is 0 Å². The molecule has 7 heteroatoms. The summed E-state index contributed by atoms with van der Waals surface area (Å²) in [4.78, 5) is 0. The first-order chi connectivity index (χ1) is 10.0. The van der Waals surface area contributed by atoms with Gasteiger partial charge in [-0.05, 0) is 33.8 Å². The van der Waals surface area contributed by atoms with E-state index < -0.39 is 28.3 Å². The fraction of sp³-hybridized carbons (Fsp3) is 0.467. The lowest BCUT2D eigenvalue weighted by atomic mass is 10.1. The number of nitrogens with one attached hydrogen (secondary N) is 1. The van der Waals surface area contributed by atoms with Gasteiger partial charge in [0.15, 0.2) is 0 Å². The first-order valence-corrected chi connectivity index (χ1v) is 7.89. The van der Waals surface area contributed by atoms with Crippen LogP contribution in [0.1, 0.15) is 38.1 Å². The number of fused-ring (bicyclic) bond motifs is 1. The minimum atomic E-state index is -4.61. The number of para-hydroxylation sites is 1. The van der Waals surface area contributed by atoms with Gasteiger partial charge in [-0.1, -0.05) is 18.2 Å². The van der Waals surface area contributed by atoms with Crippen LogP contribution < -0.4 is 4.72 Å². The lowest BCUT2D eigenvalue weighted by molar-refractivity contribution is -0.156.